The van der Waals surface area contributed by atoms with Gasteiger partial charge in [-0.3, -0.25) is 24.5 Å². The van der Waals surface area contributed by atoms with E-state index in [1.54, 1.807) is 0 Å². The van der Waals surface area contributed by atoms with Crippen LogP contribution in [-0.2, 0) is 11.3 Å². The van der Waals surface area contributed by atoms with Crippen molar-refractivity contribution in [3.63, 3.8) is 0 Å². The molecule has 0 bridgehead atoms. The van der Waals surface area contributed by atoms with Gasteiger partial charge in [-0.2, -0.15) is 0 Å². The van der Waals surface area contributed by atoms with Crippen LogP contribution in [0.15, 0.2) is 39.9 Å². The molecule has 28 heavy (non-hydrogen) atoms. The van der Waals surface area contributed by atoms with E-state index in [0.717, 1.165) is 12.0 Å². The largest absolute Gasteiger partial charge is 0.383 e. The summed E-state index contributed by atoms with van der Waals surface area (Å²) in [6.45, 7) is 2.19. The van der Waals surface area contributed by atoms with Crippen LogP contribution in [0, 0.1) is 0 Å². The Morgan fingerprint density at radius 1 is 1.21 bits per heavy atom. The van der Waals surface area contributed by atoms with Gasteiger partial charge in [0, 0.05) is 13.6 Å². The minimum Gasteiger partial charge on any atom is -0.383 e. The smallest absolute Gasteiger partial charge is 0.330 e. The average Bonchev–Trinajstić information content (AvgIpc) is 2.64. The fourth-order valence-corrected chi connectivity index (χ4v) is 2.61. The van der Waals surface area contributed by atoms with Gasteiger partial charge >= 0.3 is 11.7 Å². The van der Waals surface area contributed by atoms with Gasteiger partial charge in [0.15, 0.2) is 0 Å². The van der Waals surface area contributed by atoms with Gasteiger partial charge in [-0.15, -0.1) is 0 Å². The lowest BCUT2D eigenvalue weighted by atomic mass is 10.2. The summed E-state index contributed by atoms with van der Waals surface area (Å²) in [6.07, 6.45) is 0.733. The normalized spacial score (nSPS) is 10.4. The number of likely N-dealkylation sites (N-methyl/N-ethyl adjacent to an activating group) is 1. The fraction of sp³-hybridized carbons (Fsp3) is 0.333. The third-order valence-corrected chi connectivity index (χ3v) is 3.95. The molecule has 0 aliphatic heterocycles. The molecule has 0 spiro atoms. The zero-order valence-electron chi connectivity index (χ0n) is 15.8. The van der Waals surface area contributed by atoms with Crippen LogP contribution >= 0.6 is 0 Å². The molecule has 0 saturated carbocycles. The Morgan fingerprint density at radius 2 is 1.89 bits per heavy atom. The minimum absolute atomic E-state index is 0.0281. The fourth-order valence-electron chi connectivity index (χ4n) is 2.61. The Hall–Kier alpha value is -3.56. The molecule has 2 aromatic rings. The third kappa shape index (κ3) is 5.22. The highest BCUT2D eigenvalue weighted by molar-refractivity contribution is 5.96. The van der Waals surface area contributed by atoms with Crippen LogP contribution in [0.1, 0.15) is 18.9 Å². The highest BCUT2D eigenvalue weighted by Crippen LogP contribution is 2.15. The van der Waals surface area contributed by atoms with Crippen LogP contribution in [0.2, 0.25) is 0 Å². The summed E-state index contributed by atoms with van der Waals surface area (Å²) in [5, 5.41) is 4.68. The average molecular weight is 388 g/mol. The van der Waals surface area contributed by atoms with Crippen molar-refractivity contribution in [2.45, 2.75) is 19.9 Å². The quantitative estimate of drug-likeness (QED) is 0.519. The maximum absolute atomic E-state index is 12.3. The van der Waals surface area contributed by atoms with Crippen LogP contribution < -0.4 is 32.5 Å². The molecule has 3 amide bonds. The molecule has 0 atom stereocenters. The zero-order chi connectivity index (χ0) is 20.7. The van der Waals surface area contributed by atoms with Gasteiger partial charge in [-0.25, -0.2) is 9.59 Å². The first kappa shape index (κ1) is 20.7. The van der Waals surface area contributed by atoms with Crippen LogP contribution in [0.3, 0.4) is 0 Å². The van der Waals surface area contributed by atoms with E-state index in [0.29, 0.717) is 6.54 Å². The number of H-pyrrole nitrogens is 1. The Bertz CT molecular complexity index is 951. The molecular weight excluding hydrogens is 364 g/mol. The van der Waals surface area contributed by atoms with Gasteiger partial charge < -0.3 is 16.0 Å². The first-order valence-corrected chi connectivity index (χ1v) is 8.78. The van der Waals surface area contributed by atoms with Crippen LogP contribution in [-0.4, -0.2) is 41.6 Å². The predicted octanol–water partition coefficient (Wildman–Crippen LogP) is -0.161. The summed E-state index contributed by atoms with van der Waals surface area (Å²) in [7, 11) is 1.47. The molecule has 1 aromatic carbocycles. The molecule has 0 aliphatic carbocycles. The lowest BCUT2D eigenvalue weighted by Crippen LogP contribution is -2.45. The van der Waals surface area contributed by atoms with Crippen LogP contribution in [0.25, 0.3) is 0 Å². The predicted molar refractivity (Wildman–Crippen MR) is 106 cm³/mol. The van der Waals surface area contributed by atoms with E-state index in [2.05, 4.69) is 15.6 Å². The van der Waals surface area contributed by atoms with Crippen molar-refractivity contribution >= 4 is 23.4 Å². The number of urea groups is 1. The van der Waals surface area contributed by atoms with Crippen molar-refractivity contribution in [2.75, 3.05) is 30.8 Å². The van der Waals surface area contributed by atoms with Crippen molar-refractivity contribution in [1.82, 2.24) is 20.2 Å². The number of amides is 3. The number of aromatic amines is 1. The van der Waals surface area contributed by atoms with Gasteiger partial charge in [0.2, 0.25) is 5.91 Å². The van der Waals surface area contributed by atoms with Gasteiger partial charge in [-0.05, 0) is 12.0 Å². The maximum atomic E-state index is 12.3. The summed E-state index contributed by atoms with van der Waals surface area (Å²) in [5.41, 5.74) is 5.50. The first-order chi connectivity index (χ1) is 13.3. The molecule has 0 unspecified atom stereocenters. The third-order valence-electron chi connectivity index (χ3n) is 3.95. The monoisotopic (exact) mass is 388 g/mol. The Balaban J connectivity index is 2.21. The molecule has 2 rings (SSSR count). The molecule has 150 valence electrons. The molecule has 0 aliphatic rings. The number of imide groups is 1. The van der Waals surface area contributed by atoms with E-state index >= 15 is 0 Å². The number of nitrogens with one attached hydrogen (secondary N) is 3. The summed E-state index contributed by atoms with van der Waals surface area (Å²) in [4.78, 5) is 51.5. The van der Waals surface area contributed by atoms with E-state index < -0.39 is 23.2 Å². The number of carbonyl (C=O) groups excluding carboxylic acids is 2. The second-order valence-electron chi connectivity index (χ2n) is 6.23. The lowest BCUT2D eigenvalue weighted by Gasteiger charge is -2.21. The molecule has 0 fully saturated rings. The zero-order valence-corrected chi connectivity index (χ0v) is 15.8. The number of hydrogen-bond acceptors (Lipinski definition) is 6. The van der Waals surface area contributed by atoms with E-state index in [-0.39, 0.29) is 24.6 Å². The minimum atomic E-state index is -0.711. The Kier molecular flexibility index (Phi) is 6.96. The van der Waals surface area contributed by atoms with Crippen LogP contribution in [0.4, 0.5) is 16.3 Å². The topological polar surface area (TPSA) is 142 Å². The van der Waals surface area contributed by atoms with Crippen molar-refractivity contribution in [3.8, 4) is 0 Å². The molecule has 0 radical (unpaired) electrons. The number of nitrogen functional groups attached to an aromatic ring is 1. The number of benzene rings is 1. The summed E-state index contributed by atoms with van der Waals surface area (Å²) in [5.74, 6) is -0.681. The maximum Gasteiger partial charge on any atom is 0.330 e. The van der Waals surface area contributed by atoms with Crippen molar-refractivity contribution in [3.05, 3.63) is 56.7 Å². The second kappa shape index (κ2) is 9.40. The Labute approximate surface area is 161 Å². The van der Waals surface area contributed by atoms with Crippen LogP contribution in [0.5, 0.6) is 0 Å². The van der Waals surface area contributed by atoms with Gasteiger partial charge in [0.25, 0.3) is 5.56 Å². The molecule has 0 saturated heterocycles. The Morgan fingerprint density at radius 3 is 2.54 bits per heavy atom. The highest BCUT2D eigenvalue weighted by Gasteiger charge is 2.19. The second-order valence-corrected chi connectivity index (χ2v) is 6.23. The number of rotatable bonds is 7. The number of anilines is 2. The molecule has 1 heterocycles. The van der Waals surface area contributed by atoms with E-state index in [4.69, 9.17) is 5.73 Å². The first-order valence-electron chi connectivity index (χ1n) is 8.78. The highest BCUT2D eigenvalue weighted by atomic mass is 16.2. The SMILES string of the molecule is CCCNC(=O)NC(=O)CN(C)c1c(N)n(Cc2ccccc2)c(=O)[nH]c1=O. The number of aromatic nitrogens is 2. The molecule has 1 aromatic heterocycles. The van der Waals surface area contributed by atoms with E-state index in [1.807, 2.05) is 37.3 Å². The summed E-state index contributed by atoms with van der Waals surface area (Å²) in [6, 6.07) is 8.52. The van der Waals surface area contributed by atoms with Crippen molar-refractivity contribution in [1.29, 1.82) is 0 Å². The standard InChI is InChI=1S/C18H24N6O4/c1-3-9-20-17(27)21-13(25)11-23(2)14-15(19)24(18(28)22-16(14)26)10-12-7-5-4-6-8-12/h4-8H,3,9-11,19H2,1-2H3,(H,22,26,28)(H2,20,21,25,27). The van der Waals surface area contributed by atoms with Crippen molar-refractivity contribution in [2.24, 2.45) is 0 Å². The van der Waals surface area contributed by atoms with Gasteiger partial charge in [-0.1, -0.05) is 37.3 Å². The molecule has 10 heteroatoms. The number of nitrogens with zero attached hydrogens (tertiary/aromatic N) is 2. The lowest BCUT2D eigenvalue weighted by molar-refractivity contribution is -0.118. The summed E-state index contributed by atoms with van der Waals surface area (Å²) < 4.78 is 1.22. The molecule has 10 nitrogen and oxygen atoms in total. The summed E-state index contributed by atoms with van der Waals surface area (Å²) >= 11 is 0. The number of hydrogen-bond donors (Lipinski definition) is 4. The van der Waals surface area contributed by atoms with Gasteiger partial charge in [0.05, 0.1) is 13.1 Å². The van der Waals surface area contributed by atoms with E-state index in [1.165, 1.54) is 16.5 Å². The number of nitrogens with two attached hydrogens (primary N) is 1. The van der Waals surface area contributed by atoms with Crippen molar-refractivity contribution < 1.29 is 9.59 Å². The molecule has 5 N–H and O–H groups in total. The number of carbonyl (C=O) groups is 2. The molecular formula is C18H24N6O4. The van der Waals surface area contributed by atoms with E-state index in [9.17, 15) is 19.2 Å². The van der Waals surface area contributed by atoms with Gasteiger partial charge in [0.1, 0.15) is 11.5 Å².